The molecule has 3 nitrogen and oxygen atoms in total. The van der Waals surface area contributed by atoms with E-state index >= 15 is 0 Å². The summed E-state index contributed by atoms with van der Waals surface area (Å²) in [5.41, 5.74) is 1.89. The van der Waals surface area contributed by atoms with Crippen molar-refractivity contribution < 1.29 is 0 Å². The van der Waals surface area contributed by atoms with E-state index in [9.17, 15) is 0 Å². The highest BCUT2D eigenvalue weighted by molar-refractivity contribution is 5.73. The van der Waals surface area contributed by atoms with Gasteiger partial charge in [0.15, 0.2) is 5.65 Å². The Hall–Kier alpha value is -1.51. The number of aromatic nitrogens is 3. The van der Waals surface area contributed by atoms with E-state index in [1.54, 1.807) is 12.4 Å². The van der Waals surface area contributed by atoms with Crippen molar-refractivity contribution in [2.75, 3.05) is 0 Å². The molecule has 0 saturated carbocycles. The second-order valence-electron chi connectivity index (χ2n) is 2.45. The van der Waals surface area contributed by atoms with Crippen LogP contribution in [-0.2, 0) is 0 Å². The van der Waals surface area contributed by atoms with Crippen molar-refractivity contribution >= 4 is 11.0 Å². The molecule has 0 N–H and O–H groups in total. The summed E-state index contributed by atoms with van der Waals surface area (Å²) in [5, 5.41) is 0.993. The average Bonchev–Trinajstić information content (AvgIpc) is 2.04. The standard InChI is InChI=1S/C8H7N3/c1-6-2-7-4-9-5-11-8(7)10-3-6/h2-5H,1H3. The van der Waals surface area contributed by atoms with E-state index in [1.807, 2.05) is 13.0 Å². The molecule has 2 aromatic heterocycles. The maximum Gasteiger partial charge on any atom is 0.162 e. The first-order valence-corrected chi connectivity index (χ1v) is 3.38. The molecule has 0 aliphatic heterocycles. The second-order valence-corrected chi connectivity index (χ2v) is 2.45. The molecule has 0 fully saturated rings. The molecule has 2 aromatic rings. The lowest BCUT2D eigenvalue weighted by molar-refractivity contribution is 1.17. The third kappa shape index (κ3) is 1.05. The van der Waals surface area contributed by atoms with E-state index in [0.717, 1.165) is 16.6 Å². The van der Waals surface area contributed by atoms with Gasteiger partial charge >= 0.3 is 0 Å². The number of hydrogen-bond acceptors (Lipinski definition) is 3. The van der Waals surface area contributed by atoms with Crippen molar-refractivity contribution in [3.8, 4) is 0 Å². The van der Waals surface area contributed by atoms with Gasteiger partial charge in [0.05, 0.1) is 0 Å². The Morgan fingerprint density at radius 1 is 1.18 bits per heavy atom. The number of pyridine rings is 1. The van der Waals surface area contributed by atoms with E-state index in [4.69, 9.17) is 0 Å². The van der Waals surface area contributed by atoms with Gasteiger partial charge in [0.2, 0.25) is 0 Å². The highest BCUT2D eigenvalue weighted by Crippen LogP contribution is 2.07. The molecule has 2 rings (SSSR count). The molecule has 0 aromatic carbocycles. The van der Waals surface area contributed by atoms with Crippen LogP contribution in [0.4, 0.5) is 0 Å². The fourth-order valence-electron chi connectivity index (χ4n) is 0.989. The first-order valence-electron chi connectivity index (χ1n) is 3.38. The lowest BCUT2D eigenvalue weighted by atomic mass is 10.2. The first kappa shape index (κ1) is 6.22. The van der Waals surface area contributed by atoms with E-state index < -0.39 is 0 Å². The van der Waals surface area contributed by atoms with Crippen LogP contribution in [-0.4, -0.2) is 15.0 Å². The second kappa shape index (κ2) is 2.27. The Bertz CT molecular complexity index is 384. The smallest absolute Gasteiger partial charge is 0.162 e. The Kier molecular flexibility index (Phi) is 1.28. The Morgan fingerprint density at radius 3 is 3.00 bits per heavy atom. The highest BCUT2D eigenvalue weighted by Gasteiger charge is 1.93. The SMILES string of the molecule is Cc1cnc2ncncc2c1. The fourth-order valence-corrected chi connectivity index (χ4v) is 0.989. The van der Waals surface area contributed by atoms with Crippen LogP contribution in [0.1, 0.15) is 5.56 Å². The summed E-state index contributed by atoms with van der Waals surface area (Å²) in [6.45, 7) is 2.00. The fraction of sp³-hybridized carbons (Fsp3) is 0.125. The average molecular weight is 145 g/mol. The van der Waals surface area contributed by atoms with Gasteiger partial charge in [-0.05, 0) is 18.6 Å². The summed E-state index contributed by atoms with van der Waals surface area (Å²) in [7, 11) is 0. The predicted molar refractivity (Wildman–Crippen MR) is 42.1 cm³/mol. The maximum atomic E-state index is 4.13. The van der Waals surface area contributed by atoms with Gasteiger partial charge in [-0.1, -0.05) is 0 Å². The Labute approximate surface area is 64.1 Å². The molecular weight excluding hydrogens is 138 g/mol. The van der Waals surface area contributed by atoms with Crippen molar-refractivity contribution in [3.05, 3.63) is 30.4 Å². The van der Waals surface area contributed by atoms with Crippen molar-refractivity contribution in [2.45, 2.75) is 6.92 Å². The number of rotatable bonds is 0. The van der Waals surface area contributed by atoms with Crippen LogP contribution in [0, 0.1) is 6.92 Å². The van der Waals surface area contributed by atoms with Crippen molar-refractivity contribution in [3.63, 3.8) is 0 Å². The molecule has 0 aliphatic rings. The first-order chi connectivity index (χ1) is 5.36. The lowest BCUT2D eigenvalue weighted by Gasteiger charge is -1.94. The molecule has 0 saturated heterocycles. The van der Waals surface area contributed by atoms with E-state index in [0.29, 0.717) is 0 Å². The van der Waals surface area contributed by atoms with Crippen LogP contribution in [0.25, 0.3) is 11.0 Å². The molecule has 3 heteroatoms. The molecule has 2 heterocycles. The topological polar surface area (TPSA) is 38.7 Å². The Morgan fingerprint density at radius 2 is 2.09 bits per heavy atom. The summed E-state index contributed by atoms with van der Waals surface area (Å²) >= 11 is 0. The van der Waals surface area contributed by atoms with Crippen LogP contribution >= 0.6 is 0 Å². The summed E-state index contributed by atoms with van der Waals surface area (Å²) in [4.78, 5) is 12.0. The molecule has 11 heavy (non-hydrogen) atoms. The van der Waals surface area contributed by atoms with Gasteiger partial charge in [-0.3, -0.25) is 0 Å². The molecule has 54 valence electrons. The molecule has 0 aliphatic carbocycles. The minimum Gasteiger partial charge on any atom is -0.244 e. The largest absolute Gasteiger partial charge is 0.244 e. The maximum absolute atomic E-state index is 4.13. The third-order valence-corrected chi connectivity index (χ3v) is 1.49. The minimum absolute atomic E-state index is 0.755. The number of aryl methyl sites for hydroxylation is 1. The zero-order valence-corrected chi connectivity index (χ0v) is 6.15. The predicted octanol–water partition coefficient (Wildman–Crippen LogP) is 1.33. The van der Waals surface area contributed by atoms with Gasteiger partial charge < -0.3 is 0 Å². The highest BCUT2D eigenvalue weighted by atomic mass is 14.9. The Balaban J connectivity index is 2.83. The molecule has 0 spiro atoms. The molecule has 0 atom stereocenters. The summed E-state index contributed by atoms with van der Waals surface area (Å²) in [5.74, 6) is 0. The summed E-state index contributed by atoms with van der Waals surface area (Å²) in [6, 6.07) is 2.02. The minimum atomic E-state index is 0.755. The molecule has 0 amide bonds. The van der Waals surface area contributed by atoms with Crippen LogP contribution in [0.5, 0.6) is 0 Å². The molecular formula is C8H7N3. The lowest BCUT2D eigenvalue weighted by Crippen LogP contribution is -1.85. The zero-order chi connectivity index (χ0) is 7.68. The van der Waals surface area contributed by atoms with Gasteiger partial charge in [-0.25, -0.2) is 15.0 Å². The zero-order valence-electron chi connectivity index (χ0n) is 6.15. The van der Waals surface area contributed by atoms with Gasteiger partial charge in [-0.2, -0.15) is 0 Å². The van der Waals surface area contributed by atoms with Crippen molar-refractivity contribution in [1.29, 1.82) is 0 Å². The van der Waals surface area contributed by atoms with Crippen LogP contribution in [0.2, 0.25) is 0 Å². The van der Waals surface area contributed by atoms with Crippen LogP contribution in [0.15, 0.2) is 24.8 Å². The van der Waals surface area contributed by atoms with E-state index in [-0.39, 0.29) is 0 Å². The van der Waals surface area contributed by atoms with E-state index in [2.05, 4.69) is 15.0 Å². The summed E-state index contributed by atoms with van der Waals surface area (Å²) < 4.78 is 0. The summed E-state index contributed by atoms with van der Waals surface area (Å²) in [6.07, 6.45) is 5.07. The van der Waals surface area contributed by atoms with Gasteiger partial charge in [0.25, 0.3) is 0 Å². The van der Waals surface area contributed by atoms with Crippen molar-refractivity contribution in [2.24, 2.45) is 0 Å². The monoisotopic (exact) mass is 145 g/mol. The molecule has 0 radical (unpaired) electrons. The molecule has 0 bridgehead atoms. The van der Waals surface area contributed by atoms with E-state index in [1.165, 1.54) is 6.33 Å². The third-order valence-electron chi connectivity index (χ3n) is 1.49. The van der Waals surface area contributed by atoms with Gasteiger partial charge in [0, 0.05) is 17.8 Å². The normalized spacial score (nSPS) is 10.3. The number of hydrogen-bond donors (Lipinski definition) is 0. The molecule has 0 unspecified atom stereocenters. The van der Waals surface area contributed by atoms with Crippen LogP contribution in [0.3, 0.4) is 0 Å². The van der Waals surface area contributed by atoms with Gasteiger partial charge in [0.1, 0.15) is 6.33 Å². The number of fused-ring (bicyclic) bond motifs is 1. The number of nitrogens with zero attached hydrogens (tertiary/aromatic N) is 3. The quantitative estimate of drug-likeness (QED) is 0.561. The van der Waals surface area contributed by atoms with Crippen molar-refractivity contribution in [1.82, 2.24) is 15.0 Å². The van der Waals surface area contributed by atoms with Gasteiger partial charge in [-0.15, -0.1) is 0 Å². The van der Waals surface area contributed by atoms with Crippen LogP contribution < -0.4 is 0 Å².